The first kappa shape index (κ1) is 16.2. The summed E-state index contributed by atoms with van der Waals surface area (Å²) in [4.78, 5) is 28.2. The first-order chi connectivity index (χ1) is 10.7. The van der Waals surface area contributed by atoms with E-state index in [4.69, 9.17) is 14.2 Å². The van der Waals surface area contributed by atoms with Gasteiger partial charge in [-0.1, -0.05) is 6.07 Å². The molecule has 2 rings (SSSR count). The van der Waals surface area contributed by atoms with E-state index in [1.807, 2.05) is 0 Å². The fourth-order valence-electron chi connectivity index (χ4n) is 2.35. The summed E-state index contributed by atoms with van der Waals surface area (Å²) in [6, 6.07) is 2.77. The molecule has 2 heterocycles. The van der Waals surface area contributed by atoms with Gasteiger partial charge in [0.2, 0.25) is 11.8 Å². The Bertz CT molecular complexity index is 528. The topological polar surface area (TPSA) is 86.8 Å². The molecule has 1 aliphatic rings. The number of amides is 1. The van der Waals surface area contributed by atoms with Gasteiger partial charge in [0.05, 0.1) is 26.7 Å². The van der Waals surface area contributed by atoms with E-state index in [0.29, 0.717) is 25.5 Å². The molecule has 7 nitrogen and oxygen atoms in total. The molecule has 0 radical (unpaired) electrons. The number of methoxy groups -OCH3 is 2. The number of ether oxygens (including phenoxy) is 3. The molecule has 120 valence electrons. The minimum absolute atomic E-state index is 0.198. The molecule has 0 spiro atoms. The minimum atomic E-state index is -0.781. The highest BCUT2D eigenvalue weighted by Gasteiger charge is 2.29. The predicted octanol–water partition coefficient (Wildman–Crippen LogP) is 0.327. The van der Waals surface area contributed by atoms with Gasteiger partial charge < -0.3 is 19.5 Å². The molecule has 0 aliphatic carbocycles. The van der Waals surface area contributed by atoms with Crippen LogP contribution < -0.4 is 10.1 Å². The molecule has 1 amide bonds. The predicted molar refractivity (Wildman–Crippen MR) is 77.4 cm³/mol. The van der Waals surface area contributed by atoms with Crippen molar-refractivity contribution in [2.24, 2.45) is 5.92 Å². The Morgan fingerprint density at radius 2 is 2.32 bits per heavy atom. The average molecular weight is 308 g/mol. The van der Waals surface area contributed by atoms with Gasteiger partial charge in [0, 0.05) is 24.8 Å². The summed E-state index contributed by atoms with van der Waals surface area (Å²) in [6.07, 6.45) is 2.52. The van der Waals surface area contributed by atoms with Crippen molar-refractivity contribution in [1.82, 2.24) is 10.3 Å². The molecule has 1 aliphatic heterocycles. The van der Waals surface area contributed by atoms with E-state index in [1.165, 1.54) is 14.2 Å². The number of carbonyl (C=O) groups is 2. The summed E-state index contributed by atoms with van der Waals surface area (Å²) in [5, 5.41) is 2.73. The maximum Gasteiger partial charge on any atom is 0.328 e. The van der Waals surface area contributed by atoms with Crippen molar-refractivity contribution in [2.75, 3.05) is 27.4 Å². The maximum absolute atomic E-state index is 12.2. The van der Waals surface area contributed by atoms with Crippen LogP contribution in [0.15, 0.2) is 18.3 Å². The van der Waals surface area contributed by atoms with E-state index in [0.717, 1.165) is 5.56 Å². The molecular formula is C15H20N2O5. The zero-order valence-electron chi connectivity index (χ0n) is 12.7. The third-order valence-corrected chi connectivity index (χ3v) is 3.57. The lowest BCUT2D eigenvalue weighted by Crippen LogP contribution is -2.45. The quantitative estimate of drug-likeness (QED) is 0.762. The van der Waals surface area contributed by atoms with Crippen LogP contribution in [-0.2, 0) is 25.5 Å². The molecule has 22 heavy (non-hydrogen) atoms. The Balaban J connectivity index is 2.08. The highest BCUT2D eigenvalue weighted by Crippen LogP contribution is 2.17. The molecule has 1 fully saturated rings. The molecule has 0 saturated carbocycles. The van der Waals surface area contributed by atoms with E-state index in [2.05, 4.69) is 10.3 Å². The maximum atomic E-state index is 12.2. The van der Waals surface area contributed by atoms with Gasteiger partial charge in [-0.25, -0.2) is 9.78 Å². The molecular weight excluding hydrogens is 288 g/mol. The highest BCUT2D eigenvalue weighted by atomic mass is 16.5. The van der Waals surface area contributed by atoms with E-state index >= 15 is 0 Å². The van der Waals surface area contributed by atoms with Gasteiger partial charge in [0.15, 0.2) is 0 Å². The monoisotopic (exact) mass is 308 g/mol. The van der Waals surface area contributed by atoms with E-state index in [1.54, 1.807) is 18.3 Å². The molecule has 0 unspecified atom stereocenters. The van der Waals surface area contributed by atoms with Crippen LogP contribution in [-0.4, -0.2) is 50.3 Å². The van der Waals surface area contributed by atoms with Crippen molar-refractivity contribution in [3.63, 3.8) is 0 Å². The van der Waals surface area contributed by atoms with Gasteiger partial charge in [-0.05, 0) is 12.5 Å². The first-order valence-electron chi connectivity index (χ1n) is 7.09. The summed E-state index contributed by atoms with van der Waals surface area (Å²) in [7, 11) is 2.80. The van der Waals surface area contributed by atoms with Gasteiger partial charge in [0.25, 0.3) is 0 Å². The second-order valence-corrected chi connectivity index (χ2v) is 5.02. The fraction of sp³-hybridized carbons (Fsp3) is 0.533. The van der Waals surface area contributed by atoms with Gasteiger partial charge in [-0.3, -0.25) is 4.79 Å². The number of hydrogen-bond donors (Lipinski definition) is 1. The number of carbonyl (C=O) groups excluding carboxylic acids is 2. The van der Waals surface area contributed by atoms with Crippen molar-refractivity contribution >= 4 is 11.9 Å². The molecule has 0 aromatic carbocycles. The molecule has 1 aromatic heterocycles. The third kappa shape index (κ3) is 3.94. The van der Waals surface area contributed by atoms with Gasteiger partial charge in [-0.2, -0.15) is 0 Å². The van der Waals surface area contributed by atoms with Crippen molar-refractivity contribution in [2.45, 2.75) is 18.9 Å². The van der Waals surface area contributed by atoms with Crippen LogP contribution in [0.5, 0.6) is 5.88 Å². The summed E-state index contributed by atoms with van der Waals surface area (Å²) >= 11 is 0. The SMILES string of the molecule is COC(=O)[C@@H](Cc1cccnc1OC)NC(=O)[C@@H]1CCOC1. The zero-order chi connectivity index (χ0) is 15.9. The van der Waals surface area contributed by atoms with Crippen molar-refractivity contribution in [3.05, 3.63) is 23.9 Å². The van der Waals surface area contributed by atoms with E-state index < -0.39 is 12.0 Å². The number of nitrogens with zero attached hydrogens (tertiary/aromatic N) is 1. The summed E-state index contributed by atoms with van der Waals surface area (Å²) in [5.74, 6) is -0.494. The smallest absolute Gasteiger partial charge is 0.328 e. The number of pyridine rings is 1. The summed E-state index contributed by atoms with van der Waals surface area (Å²) < 4.78 is 15.1. The lowest BCUT2D eigenvalue weighted by Gasteiger charge is -2.19. The van der Waals surface area contributed by atoms with Crippen LogP contribution in [0.2, 0.25) is 0 Å². The standard InChI is InChI=1S/C15H20N2O5/c1-20-14-10(4-3-6-16-14)8-12(15(19)21-2)17-13(18)11-5-7-22-9-11/h3-4,6,11-12H,5,7-9H2,1-2H3,(H,17,18)/t11-,12-/m1/s1. The number of rotatable bonds is 6. The first-order valence-corrected chi connectivity index (χ1v) is 7.09. The van der Waals surface area contributed by atoms with Crippen molar-refractivity contribution in [3.8, 4) is 5.88 Å². The van der Waals surface area contributed by atoms with Crippen LogP contribution in [0, 0.1) is 5.92 Å². The molecule has 1 N–H and O–H groups in total. The van der Waals surface area contributed by atoms with Crippen LogP contribution in [0.1, 0.15) is 12.0 Å². The average Bonchev–Trinajstić information content (AvgIpc) is 3.08. The van der Waals surface area contributed by atoms with E-state index in [-0.39, 0.29) is 18.2 Å². The van der Waals surface area contributed by atoms with Crippen molar-refractivity contribution in [1.29, 1.82) is 0 Å². The third-order valence-electron chi connectivity index (χ3n) is 3.57. The zero-order valence-corrected chi connectivity index (χ0v) is 12.7. The minimum Gasteiger partial charge on any atom is -0.481 e. The molecule has 7 heteroatoms. The number of aromatic nitrogens is 1. The Kier molecular flexibility index (Phi) is 5.71. The molecule has 1 aromatic rings. The van der Waals surface area contributed by atoms with E-state index in [9.17, 15) is 9.59 Å². The number of nitrogens with one attached hydrogen (secondary N) is 1. The Morgan fingerprint density at radius 1 is 1.50 bits per heavy atom. The second-order valence-electron chi connectivity index (χ2n) is 5.02. The lowest BCUT2D eigenvalue weighted by molar-refractivity contribution is -0.145. The number of esters is 1. The van der Waals surface area contributed by atoms with Gasteiger partial charge in [-0.15, -0.1) is 0 Å². The summed E-state index contributed by atoms with van der Waals surface area (Å²) in [5.41, 5.74) is 0.725. The van der Waals surface area contributed by atoms with Crippen LogP contribution in [0.4, 0.5) is 0 Å². The van der Waals surface area contributed by atoms with Crippen LogP contribution >= 0.6 is 0 Å². The number of hydrogen-bond acceptors (Lipinski definition) is 6. The summed E-state index contributed by atoms with van der Waals surface area (Å²) in [6.45, 7) is 0.952. The molecule has 0 bridgehead atoms. The Hall–Kier alpha value is -2.15. The van der Waals surface area contributed by atoms with Crippen molar-refractivity contribution < 1.29 is 23.8 Å². The largest absolute Gasteiger partial charge is 0.481 e. The van der Waals surface area contributed by atoms with Gasteiger partial charge >= 0.3 is 5.97 Å². The molecule has 1 saturated heterocycles. The van der Waals surface area contributed by atoms with Crippen LogP contribution in [0.3, 0.4) is 0 Å². The van der Waals surface area contributed by atoms with Gasteiger partial charge in [0.1, 0.15) is 6.04 Å². The highest BCUT2D eigenvalue weighted by molar-refractivity contribution is 5.86. The lowest BCUT2D eigenvalue weighted by atomic mass is 10.0. The second kappa shape index (κ2) is 7.74. The normalized spacial score (nSPS) is 18.5. The molecule has 2 atom stereocenters. The Labute approximate surface area is 129 Å². The fourth-order valence-corrected chi connectivity index (χ4v) is 2.35. The van der Waals surface area contributed by atoms with Crippen LogP contribution in [0.25, 0.3) is 0 Å². The Morgan fingerprint density at radius 3 is 2.95 bits per heavy atom.